The van der Waals surface area contributed by atoms with Gasteiger partial charge in [-0.25, -0.2) is 0 Å². The summed E-state index contributed by atoms with van der Waals surface area (Å²) in [5.74, 6) is -0.486. The summed E-state index contributed by atoms with van der Waals surface area (Å²) >= 11 is 5.74. The van der Waals surface area contributed by atoms with E-state index < -0.39 is 34.9 Å². The molecule has 1 heterocycles. The van der Waals surface area contributed by atoms with Gasteiger partial charge in [-0.15, -0.1) is 0 Å². The summed E-state index contributed by atoms with van der Waals surface area (Å²) in [6.07, 6.45) is -4.69. The highest BCUT2D eigenvalue weighted by Crippen LogP contribution is 2.39. The van der Waals surface area contributed by atoms with Crippen molar-refractivity contribution in [3.8, 4) is 5.75 Å². The largest absolute Gasteiger partial charge is 0.487 e. The average molecular weight is 324 g/mol. The maximum Gasteiger partial charge on any atom is 0.417 e. The molecule has 21 heavy (non-hydrogen) atoms. The minimum Gasteiger partial charge on any atom is -0.487 e. The van der Waals surface area contributed by atoms with E-state index in [1.807, 2.05) is 0 Å². The maximum absolute atomic E-state index is 12.7. The number of benzene rings is 1. The fourth-order valence-corrected chi connectivity index (χ4v) is 2.39. The Balaban J connectivity index is 2.10. The number of nitrogens with one attached hydrogen (secondary N) is 1. The van der Waals surface area contributed by atoms with Crippen molar-refractivity contribution in [2.24, 2.45) is 0 Å². The Hall–Kier alpha value is -1.47. The molecule has 0 amide bonds. The summed E-state index contributed by atoms with van der Waals surface area (Å²) in [6.45, 7) is 0.326. The Kier molecular flexibility index (Phi) is 4.63. The minimum atomic E-state index is -4.54. The normalized spacial score (nSPS) is 22.1. The van der Waals surface area contributed by atoms with Crippen molar-refractivity contribution in [2.75, 3.05) is 13.7 Å². The van der Waals surface area contributed by atoms with E-state index in [2.05, 4.69) is 10.1 Å². The average Bonchev–Trinajstić information content (AvgIpc) is 2.87. The first kappa shape index (κ1) is 15.9. The molecular weight excluding hydrogens is 311 g/mol. The zero-order chi connectivity index (χ0) is 15.6. The molecule has 8 heteroatoms. The van der Waals surface area contributed by atoms with Crippen molar-refractivity contribution in [1.29, 1.82) is 0 Å². The third-order valence-electron chi connectivity index (χ3n) is 3.14. The van der Waals surface area contributed by atoms with E-state index in [0.29, 0.717) is 13.0 Å². The lowest BCUT2D eigenvalue weighted by Gasteiger charge is -2.16. The Morgan fingerprint density at radius 3 is 2.76 bits per heavy atom. The van der Waals surface area contributed by atoms with E-state index in [-0.39, 0.29) is 5.75 Å². The zero-order valence-corrected chi connectivity index (χ0v) is 11.8. The second-order valence-corrected chi connectivity index (χ2v) is 4.95. The summed E-state index contributed by atoms with van der Waals surface area (Å²) in [5.41, 5.74) is -0.947. The lowest BCUT2D eigenvalue weighted by molar-refractivity contribution is -0.142. The van der Waals surface area contributed by atoms with E-state index in [9.17, 15) is 18.0 Å². The Morgan fingerprint density at radius 2 is 2.14 bits per heavy atom. The molecule has 0 bridgehead atoms. The number of carbonyl (C=O) groups is 1. The third kappa shape index (κ3) is 3.59. The molecule has 1 aliphatic rings. The number of halogens is 4. The number of hydrogen-bond acceptors (Lipinski definition) is 4. The molecular formula is C13H13ClF3NO3. The van der Waals surface area contributed by atoms with Crippen LogP contribution < -0.4 is 10.1 Å². The number of ether oxygens (including phenoxy) is 2. The molecule has 1 saturated heterocycles. The molecule has 0 unspecified atom stereocenters. The van der Waals surface area contributed by atoms with Crippen LogP contribution >= 0.6 is 11.6 Å². The van der Waals surface area contributed by atoms with Crippen molar-refractivity contribution >= 4 is 17.6 Å². The summed E-state index contributed by atoms with van der Waals surface area (Å²) < 4.78 is 48.3. The van der Waals surface area contributed by atoms with Gasteiger partial charge < -0.3 is 14.8 Å². The summed E-state index contributed by atoms with van der Waals surface area (Å²) in [4.78, 5) is 11.3. The summed E-state index contributed by atoms with van der Waals surface area (Å²) in [6, 6.07) is 2.96. The van der Waals surface area contributed by atoms with Crippen molar-refractivity contribution in [3.05, 3.63) is 28.8 Å². The number of alkyl halides is 3. The van der Waals surface area contributed by atoms with Crippen LogP contribution in [0.15, 0.2) is 18.2 Å². The molecule has 4 nitrogen and oxygen atoms in total. The molecule has 0 aromatic heterocycles. The molecule has 2 rings (SSSR count). The standard InChI is InChI=1S/C13H13ClF3NO3/c1-20-12(19)9-5-7(6-18-9)21-10-4-2-3-8(11(10)14)13(15,16)17/h2-4,7,9,18H,5-6H2,1H3/t7-,9-/m0/s1. The van der Waals surface area contributed by atoms with E-state index >= 15 is 0 Å². The molecule has 116 valence electrons. The van der Waals surface area contributed by atoms with E-state index in [1.165, 1.54) is 19.2 Å². The fraction of sp³-hybridized carbons (Fsp3) is 0.462. The molecule has 0 aliphatic carbocycles. The van der Waals surface area contributed by atoms with Gasteiger partial charge in [0.1, 0.15) is 17.9 Å². The Bertz CT molecular complexity index is 536. The SMILES string of the molecule is COC(=O)[C@@H]1C[C@H](Oc2cccc(C(F)(F)F)c2Cl)CN1. The molecule has 1 aromatic rings. The van der Waals surface area contributed by atoms with Crippen LogP contribution in [0.2, 0.25) is 5.02 Å². The number of methoxy groups -OCH3 is 1. The first-order valence-electron chi connectivity index (χ1n) is 6.16. The van der Waals surface area contributed by atoms with Crippen LogP contribution in [0.1, 0.15) is 12.0 Å². The van der Waals surface area contributed by atoms with Gasteiger partial charge in [0.25, 0.3) is 0 Å². The first-order valence-corrected chi connectivity index (χ1v) is 6.54. The van der Waals surface area contributed by atoms with Crippen LogP contribution in [-0.2, 0) is 15.7 Å². The van der Waals surface area contributed by atoms with Crippen LogP contribution in [-0.4, -0.2) is 31.8 Å². The van der Waals surface area contributed by atoms with Crippen molar-refractivity contribution in [1.82, 2.24) is 5.32 Å². The topological polar surface area (TPSA) is 47.6 Å². The highest BCUT2D eigenvalue weighted by Gasteiger charge is 2.36. The van der Waals surface area contributed by atoms with Crippen LogP contribution in [0.3, 0.4) is 0 Å². The molecule has 0 radical (unpaired) electrons. The highest BCUT2D eigenvalue weighted by atomic mass is 35.5. The van der Waals surface area contributed by atoms with Gasteiger partial charge >= 0.3 is 12.1 Å². The highest BCUT2D eigenvalue weighted by molar-refractivity contribution is 6.32. The van der Waals surface area contributed by atoms with Gasteiger partial charge in [0.15, 0.2) is 0 Å². The zero-order valence-electron chi connectivity index (χ0n) is 11.0. The molecule has 0 spiro atoms. The quantitative estimate of drug-likeness (QED) is 0.869. The lowest BCUT2D eigenvalue weighted by Crippen LogP contribution is -2.31. The van der Waals surface area contributed by atoms with Gasteiger partial charge in [-0.3, -0.25) is 4.79 Å². The van der Waals surface area contributed by atoms with Gasteiger partial charge in [0.2, 0.25) is 0 Å². The third-order valence-corrected chi connectivity index (χ3v) is 3.53. The predicted molar refractivity (Wildman–Crippen MR) is 69.3 cm³/mol. The molecule has 1 aliphatic heterocycles. The van der Waals surface area contributed by atoms with E-state index in [4.69, 9.17) is 16.3 Å². The van der Waals surface area contributed by atoms with E-state index in [1.54, 1.807) is 0 Å². The summed E-state index contributed by atoms with van der Waals surface area (Å²) in [5, 5.41) is 2.40. The first-order chi connectivity index (χ1) is 9.82. The van der Waals surface area contributed by atoms with Crippen LogP contribution in [0.5, 0.6) is 5.75 Å². The van der Waals surface area contributed by atoms with E-state index in [0.717, 1.165) is 6.07 Å². The molecule has 2 atom stereocenters. The Morgan fingerprint density at radius 1 is 1.43 bits per heavy atom. The van der Waals surface area contributed by atoms with Gasteiger partial charge in [-0.05, 0) is 12.1 Å². The second kappa shape index (κ2) is 6.11. The van der Waals surface area contributed by atoms with Crippen molar-refractivity contribution in [2.45, 2.75) is 24.7 Å². The molecule has 0 saturated carbocycles. The monoisotopic (exact) mass is 323 g/mol. The van der Waals surface area contributed by atoms with Crippen molar-refractivity contribution in [3.63, 3.8) is 0 Å². The van der Waals surface area contributed by atoms with Crippen LogP contribution in [0.4, 0.5) is 13.2 Å². The summed E-state index contributed by atoms with van der Waals surface area (Å²) in [7, 11) is 1.27. The van der Waals surface area contributed by atoms with Gasteiger partial charge in [-0.2, -0.15) is 13.2 Å². The molecule has 1 fully saturated rings. The lowest BCUT2D eigenvalue weighted by atomic mass is 10.2. The van der Waals surface area contributed by atoms with Gasteiger partial charge in [0, 0.05) is 13.0 Å². The maximum atomic E-state index is 12.7. The minimum absolute atomic E-state index is 0.0520. The van der Waals surface area contributed by atoms with Gasteiger partial charge in [0.05, 0.1) is 17.7 Å². The number of esters is 1. The Labute approximate surface area is 124 Å². The predicted octanol–water partition coefficient (Wildman–Crippen LogP) is 2.64. The van der Waals surface area contributed by atoms with Crippen LogP contribution in [0, 0.1) is 0 Å². The van der Waals surface area contributed by atoms with Crippen LogP contribution in [0.25, 0.3) is 0 Å². The second-order valence-electron chi connectivity index (χ2n) is 4.58. The fourth-order valence-electron chi connectivity index (χ4n) is 2.12. The number of hydrogen-bond donors (Lipinski definition) is 1. The number of carbonyl (C=O) groups excluding carboxylic acids is 1. The smallest absolute Gasteiger partial charge is 0.417 e. The molecule has 1 N–H and O–H groups in total. The molecule has 1 aromatic carbocycles. The van der Waals surface area contributed by atoms with Gasteiger partial charge in [-0.1, -0.05) is 17.7 Å². The number of rotatable bonds is 3. The van der Waals surface area contributed by atoms with Crippen molar-refractivity contribution < 1.29 is 27.4 Å².